The molecule has 0 unspecified atom stereocenters. The van der Waals surface area contributed by atoms with Crippen molar-refractivity contribution in [1.29, 1.82) is 0 Å². The summed E-state index contributed by atoms with van der Waals surface area (Å²) in [5.41, 5.74) is 2.90. The lowest BCUT2D eigenvalue weighted by Gasteiger charge is -2.10. The van der Waals surface area contributed by atoms with Crippen molar-refractivity contribution < 1.29 is 9.53 Å². The van der Waals surface area contributed by atoms with Gasteiger partial charge in [0.25, 0.3) is 0 Å². The number of pyridine rings is 1. The number of benzene rings is 2. The van der Waals surface area contributed by atoms with E-state index in [4.69, 9.17) is 4.74 Å². The summed E-state index contributed by atoms with van der Waals surface area (Å²) in [4.78, 5) is 29.0. The van der Waals surface area contributed by atoms with Crippen molar-refractivity contribution >= 4 is 28.1 Å². The van der Waals surface area contributed by atoms with Crippen molar-refractivity contribution in [2.24, 2.45) is 0 Å². The highest BCUT2D eigenvalue weighted by Gasteiger charge is 2.08. The highest BCUT2D eigenvalue weighted by atomic mass is 16.5. The zero-order valence-electron chi connectivity index (χ0n) is 17.7. The maximum absolute atomic E-state index is 12.5. The van der Waals surface area contributed by atoms with E-state index in [1.165, 1.54) is 6.20 Å². The first-order valence-electron chi connectivity index (χ1n) is 10.6. The molecule has 0 fully saturated rings. The van der Waals surface area contributed by atoms with Gasteiger partial charge in [-0.2, -0.15) is 5.10 Å². The number of fused-ring (bicyclic) bond motifs is 2. The van der Waals surface area contributed by atoms with Gasteiger partial charge in [-0.3, -0.25) is 14.3 Å². The van der Waals surface area contributed by atoms with Crippen molar-refractivity contribution in [3.8, 4) is 5.75 Å². The summed E-state index contributed by atoms with van der Waals surface area (Å²) in [6, 6.07) is 20.3. The van der Waals surface area contributed by atoms with Gasteiger partial charge in [0.05, 0.1) is 24.0 Å². The summed E-state index contributed by atoms with van der Waals surface area (Å²) >= 11 is 0. The van der Waals surface area contributed by atoms with E-state index in [0.717, 1.165) is 11.3 Å². The van der Waals surface area contributed by atoms with Crippen LogP contribution < -0.4 is 15.5 Å². The number of aromatic nitrogens is 4. The van der Waals surface area contributed by atoms with Gasteiger partial charge in [0, 0.05) is 36.0 Å². The van der Waals surface area contributed by atoms with E-state index in [9.17, 15) is 9.59 Å². The number of carbonyl (C=O) groups excluding carboxylic acids is 1. The molecule has 5 aromatic rings. The van der Waals surface area contributed by atoms with E-state index in [-0.39, 0.29) is 17.8 Å². The Bertz CT molecular complexity index is 1470. The summed E-state index contributed by atoms with van der Waals surface area (Å²) < 4.78 is 9.47. The third-order valence-electron chi connectivity index (χ3n) is 5.23. The van der Waals surface area contributed by atoms with Gasteiger partial charge in [0.1, 0.15) is 18.0 Å². The van der Waals surface area contributed by atoms with Gasteiger partial charge in [-0.05, 0) is 36.4 Å². The summed E-state index contributed by atoms with van der Waals surface area (Å²) in [7, 11) is 0. The largest absolute Gasteiger partial charge is 0.487 e. The van der Waals surface area contributed by atoms with Crippen molar-refractivity contribution in [1.82, 2.24) is 19.2 Å². The minimum Gasteiger partial charge on any atom is -0.487 e. The van der Waals surface area contributed by atoms with E-state index >= 15 is 0 Å². The first-order valence-corrected chi connectivity index (χ1v) is 10.6. The van der Waals surface area contributed by atoms with Gasteiger partial charge in [-0.25, -0.2) is 4.98 Å². The fraction of sp³-hybridized carbons (Fsp3) is 0.120. The number of imidazole rings is 1. The Morgan fingerprint density at radius 1 is 1.03 bits per heavy atom. The van der Waals surface area contributed by atoms with Crippen molar-refractivity contribution in [2.75, 3.05) is 5.32 Å². The van der Waals surface area contributed by atoms with Gasteiger partial charge in [0.2, 0.25) is 11.3 Å². The van der Waals surface area contributed by atoms with Crippen LogP contribution in [0.2, 0.25) is 0 Å². The van der Waals surface area contributed by atoms with Crippen LogP contribution in [0.25, 0.3) is 16.6 Å². The molecule has 0 aliphatic carbocycles. The Morgan fingerprint density at radius 2 is 1.91 bits per heavy atom. The second kappa shape index (κ2) is 8.96. The zero-order chi connectivity index (χ0) is 22.6. The highest BCUT2D eigenvalue weighted by molar-refractivity contribution is 5.91. The maximum Gasteiger partial charge on any atom is 0.226 e. The lowest BCUT2D eigenvalue weighted by Crippen LogP contribution is -2.18. The van der Waals surface area contributed by atoms with Gasteiger partial charge in [-0.1, -0.05) is 24.3 Å². The normalized spacial score (nSPS) is 11.0. The number of amides is 1. The van der Waals surface area contributed by atoms with Crippen LogP contribution >= 0.6 is 0 Å². The molecule has 33 heavy (non-hydrogen) atoms. The molecule has 3 aromatic heterocycles. The molecule has 0 radical (unpaired) electrons. The SMILES string of the molecule is O=C(CCn1ncc(=O)c2ccccc21)Nc1cccc(OCc2cn3ccccc3n2)c1. The minimum absolute atomic E-state index is 0.133. The van der Waals surface area contributed by atoms with E-state index in [2.05, 4.69) is 15.4 Å². The molecule has 3 heterocycles. The van der Waals surface area contributed by atoms with E-state index in [0.29, 0.717) is 35.5 Å². The number of para-hydroxylation sites is 1. The number of hydrogen-bond acceptors (Lipinski definition) is 5. The molecule has 1 amide bonds. The van der Waals surface area contributed by atoms with Gasteiger partial charge >= 0.3 is 0 Å². The Balaban J connectivity index is 1.20. The van der Waals surface area contributed by atoms with Crippen LogP contribution in [0.1, 0.15) is 12.1 Å². The molecule has 1 N–H and O–H groups in total. The maximum atomic E-state index is 12.5. The lowest BCUT2D eigenvalue weighted by atomic mass is 10.2. The van der Waals surface area contributed by atoms with Gasteiger partial charge in [-0.15, -0.1) is 0 Å². The average molecular weight is 439 g/mol. The molecule has 0 aliphatic rings. The molecule has 0 saturated heterocycles. The van der Waals surface area contributed by atoms with E-state index in [1.54, 1.807) is 16.8 Å². The average Bonchev–Trinajstić information content (AvgIpc) is 3.26. The highest BCUT2D eigenvalue weighted by Crippen LogP contribution is 2.19. The number of anilines is 1. The Kier molecular flexibility index (Phi) is 5.55. The first kappa shape index (κ1) is 20.4. The Labute approximate surface area is 189 Å². The molecule has 0 bridgehead atoms. The number of nitrogens with one attached hydrogen (secondary N) is 1. The summed E-state index contributed by atoms with van der Waals surface area (Å²) in [6.45, 7) is 0.681. The molecule has 5 rings (SSSR count). The topological polar surface area (TPSA) is 90.5 Å². The third kappa shape index (κ3) is 4.59. The zero-order valence-corrected chi connectivity index (χ0v) is 17.7. The van der Waals surface area contributed by atoms with Crippen LogP contribution in [-0.4, -0.2) is 25.1 Å². The number of carbonyl (C=O) groups is 1. The molecule has 8 nitrogen and oxygen atoms in total. The molecule has 0 aliphatic heterocycles. The fourth-order valence-corrected chi connectivity index (χ4v) is 3.65. The Morgan fingerprint density at radius 3 is 2.82 bits per heavy atom. The minimum atomic E-state index is -0.155. The van der Waals surface area contributed by atoms with Crippen LogP contribution in [-0.2, 0) is 17.9 Å². The number of ether oxygens (including phenoxy) is 1. The van der Waals surface area contributed by atoms with Crippen molar-refractivity contribution in [3.05, 3.63) is 101 Å². The first-order chi connectivity index (χ1) is 16.2. The van der Waals surface area contributed by atoms with E-state index in [1.807, 2.05) is 71.4 Å². The van der Waals surface area contributed by atoms with Crippen LogP contribution in [0, 0.1) is 0 Å². The number of rotatable bonds is 7. The van der Waals surface area contributed by atoms with Gasteiger partial charge in [0.15, 0.2) is 0 Å². The van der Waals surface area contributed by atoms with Gasteiger partial charge < -0.3 is 14.5 Å². The van der Waals surface area contributed by atoms with Crippen molar-refractivity contribution in [2.45, 2.75) is 19.6 Å². The predicted octanol–water partition coefficient (Wildman–Crippen LogP) is 3.65. The molecule has 8 heteroatoms. The molecule has 0 spiro atoms. The fourth-order valence-electron chi connectivity index (χ4n) is 3.65. The summed E-state index contributed by atoms with van der Waals surface area (Å²) in [6.07, 6.45) is 5.36. The quantitative estimate of drug-likeness (QED) is 0.418. The van der Waals surface area contributed by atoms with Crippen LogP contribution in [0.3, 0.4) is 0 Å². The third-order valence-corrected chi connectivity index (χ3v) is 5.23. The van der Waals surface area contributed by atoms with Crippen LogP contribution in [0.4, 0.5) is 5.69 Å². The standard InChI is InChI=1S/C25H21N5O3/c31-23-15-26-30(22-9-2-1-8-21(22)23)13-11-25(32)28-18-6-5-7-20(14-18)33-17-19-16-29-12-4-3-10-24(29)27-19/h1-10,12,14-16H,11,13,17H2,(H,28,32). The number of aryl methyl sites for hydroxylation is 1. The molecule has 0 saturated carbocycles. The van der Waals surface area contributed by atoms with E-state index < -0.39 is 0 Å². The lowest BCUT2D eigenvalue weighted by molar-refractivity contribution is -0.116. The number of nitrogens with zero attached hydrogens (tertiary/aromatic N) is 4. The number of hydrogen-bond donors (Lipinski definition) is 1. The molecular weight excluding hydrogens is 418 g/mol. The molecule has 164 valence electrons. The molecule has 0 atom stereocenters. The second-order valence-electron chi connectivity index (χ2n) is 7.56. The smallest absolute Gasteiger partial charge is 0.226 e. The predicted molar refractivity (Wildman–Crippen MR) is 125 cm³/mol. The van der Waals surface area contributed by atoms with Crippen LogP contribution in [0.5, 0.6) is 5.75 Å². The van der Waals surface area contributed by atoms with Crippen LogP contribution in [0.15, 0.2) is 90.1 Å². The summed E-state index contributed by atoms with van der Waals surface area (Å²) in [5, 5.41) is 7.64. The summed E-state index contributed by atoms with van der Waals surface area (Å²) in [5.74, 6) is 0.481. The monoisotopic (exact) mass is 439 g/mol. The molecular formula is C25H21N5O3. The Hall–Kier alpha value is -4.46. The second-order valence-corrected chi connectivity index (χ2v) is 7.56. The van der Waals surface area contributed by atoms with Crippen molar-refractivity contribution in [3.63, 3.8) is 0 Å². The molecule has 2 aromatic carbocycles.